The van der Waals surface area contributed by atoms with Gasteiger partial charge >= 0.3 is 0 Å². The molecule has 0 atom stereocenters. The molecule has 0 bridgehead atoms. The highest BCUT2D eigenvalue weighted by Crippen LogP contribution is 2.34. The molecule has 3 rings (SSSR count). The van der Waals surface area contributed by atoms with E-state index in [4.69, 9.17) is 17.3 Å². The first-order valence-electron chi connectivity index (χ1n) is 6.71. The van der Waals surface area contributed by atoms with Gasteiger partial charge in [-0.2, -0.15) is 5.10 Å². The van der Waals surface area contributed by atoms with Crippen LogP contribution in [0.1, 0.15) is 13.3 Å². The second-order valence-electron chi connectivity index (χ2n) is 4.82. The van der Waals surface area contributed by atoms with Crippen LogP contribution in [-0.2, 0) is 6.54 Å². The molecule has 1 heterocycles. The number of aromatic nitrogens is 2. The molecule has 2 aromatic carbocycles. The third kappa shape index (κ3) is 2.14. The molecule has 0 aliphatic carbocycles. The smallest absolute Gasteiger partial charge is 0.153 e. The second kappa shape index (κ2) is 5.17. The highest BCUT2D eigenvalue weighted by atomic mass is 35.5. The number of hydrogen-bond donors (Lipinski definition) is 1. The fourth-order valence-corrected chi connectivity index (χ4v) is 2.71. The number of fused-ring (bicyclic) bond motifs is 1. The van der Waals surface area contributed by atoms with Crippen LogP contribution in [0.2, 0.25) is 5.02 Å². The summed E-state index contributed by atoms with van der Waals surface area (Å²) in [6, 6.07) is 14.1. The molecule has 20 heavy (non-hydrogen) atoms. The molecule has 0 unspecified atom stereocenters. The Morgan fingerprint density at radius 2 is 1.95 bits per heavy atom. The maximum Gasteiger partial charge on any atom is 0.153 e. The van der Waals surface area contributed by atoms with Crippen molar-refractivity contribution in [1.29, 1.82) is 0 Å². The van der Waals surface area contributed by atoms with E-state index in [0.717, 1.165) is 40.0 Å². The minimum absolute atomic E-state index is 0.558. The Balaban J connectivity index is 2.22. The van der Waals surface area contributed by atoms with Crippen LogP contribution in [0.5, 0.6) is 0 Å². The minimum Gasteiger partial charge on any atom is -0.382 e. The number of aryl methyl sites for hydroxylation is 1. The summed E-state index contributed by atoms with van der Waals surface area (Å²) in [6.45, 7) is 2.96. The number of hydrogen-bond acceptors (Lipinski definition) is 2. The van der Waals surface area contributed by atoms with Gasteiger partial charge in [0.05, 0.1) is 10.5 Å². The van der Waals surface area contributed by atoms with Crippen molar-refractivity contribution >= 4 is 28.3 Å². The quantitative estimate of drug-likeness (QED) is 0.777. The van der Waals surface area contributed by atoms with Crippen molar-refractivity contribution in [2.75, 3.05) is 5.73 Å². The molecule has 2 N–H and O–H groups in total. The monoisotopic (exact) mass is 285 g/mol. The average Bonchev–Trinajstić information content (AvgIpc) is 2.75. The van der Waals surface area contributed by atoms with Crippen molar-refractivity contribution in [2.24, 2.45) is 0 Å². The molecule has 0 aliphatic heterocycles. The molecule has 3 nitrogen and oxygen atoms in total. The van der Waals surface area contributed by atoms with Crippen LogP contribution >= 0.6 is 11.6 Å². The Morgan fingerprint density at radius 3 is 2.65 bits per heavy atom. The standard InChI is InChI=1S/C16H16ClN3/c1-2-8-20-15-10-14(17)12(9-13(15)16(18)19-20)11-6-4-3-5-7-11/h3-7,9-10H,2,8H2,1H3,(H2,18,19). The summed E-state index contributed by atoms with van der Waals surface area (Å²) in [5.74, 6) is 0.558. The van der Waals surface area contributed by atoms with Gasteiger partial charge in [-0.3, -0.25) is 4.68 Å². The predicted molar refractivity (Wildman–Crippen MR) is 84.9 cm³/mol. The van der Waals surface area contributed by atoms with Crippen molar-refractivity contribution in [2.45, 2.75) is 19.9 Å². The summed E-state index contributed by atoms with van der Waals surface area (Å²) < 4.78 is 1.92. The Kier molecular flexibility index (Phi) is 3.36. The summed E-state index contributed by atoms with van der Waals surface area (Å²) in [5.41, 5.74) is 9.10. The van der Waals surface area contributed by atoms with E-state index in [1.165, 1.54) is 0 Å². The fraction of sp³-hybridized carbons (Fsp3) is 0.188. The molecule has 4 heteroatoms. The summed E-state index contributed by atoms with van der Waals surface area (Å²) in [4.78, 5) is 0. The number of nitrogens with zero attached hydrogens (tertiary/aromatic N) is 2. The van der Waals surface area contributed by atoms with Gasteiger partial charge in [-0.1, -0.05) is 48.9 Å². The maximum absolute atomic E-state index is 6.44. The molecular weight excluding hydrogens is 270 g/mol. The van der Waals surface area contributed by atoms with Gasteiger partial charge in [-0.25, -0.2) is 0 Å². The molecule has 0 saturated carbocycles. The summed E-state index contributed by atoms with van der Waals surface area (Å²) in [6.07, 6.45) is 1.01. The predicted octanol–water partition coefficient (Wildman–Crippen LogP) is 4.35. The number of nitrogen functional groups attached to an aromatic ring is 1. The van der Waals surface area contributed by atoms with Crippen LogP contribution in [-0.4, -0.2) is 9.78 Å². The van der Waals surface area contributed by atoms with Crippen molar-refractivity contribution < 1.29 is 0 Å². The van der Waals surface area contributed by atoms with Crippen LogP contribution in [0.15, 0.2) is 42.5 Å². The zero-order chi connectivity index (χ0) is 14.1. The van der Waals surface area contributed by atoms with E-state index in [0.29, 0.717) is 5.82 Å². The van der Waals surface area contributed by atoms with Gasteiger partial charge in [0, 0.05) is 17.5 Å². The minimum atomic E-state index is 0.558. The molecule has 102 valence electrons. The lowest BCUT2D eigenvalue weighted by atomic mass is 10.0. The Morgan fingerprint density at radius 1 is 1.20 bits per heavy atom. The zero-order valence-corrected chi connectivity index (χ0v) is 12.1. The van der Waals surface area contributed by atoms with Crippen LogP contribution in [0, 0.1) is 0 Å². The summed E-state index contributed by atoms with van der Waals surface area (Å²) in [7, 11) is 0. The average molecular weight is 286 g/mol. The van der Waals surface area contributed by atoms with Crippen molar-refractivity contribution in [3.05, 3.63) is 47.5 Å². The highest BCUT2D eigenvalue weighted by Gasteiger charge is 2.12. The van der Waals surface area contributed by atoms with E-state index in [9.17, 15) is 0 Å². The topological polar surface area (TPSA) is 43.8 Å². The molecule has 1 aromatic heterocycles. The molecule has 0 fully saturated rings. The van der Waals surface area contributed by atoms with E-state index >= 15 is 0 Å². The van der Waals surface area contributed by atoms with Crippen LogP contribution < -0.4 is 5.73 Å². The molecule has 0 saturated heterocycles. The number of halogens is 1. The second-order valence-corrected chi connectivity index (χ2v) is 5.23. The van der Waals surface area contributed by atoms with Gasteiger partial charge in [-0.05, 0) is 24.1 Å². The third-order valence-corrected chi connectivity index (χ3v) is 3.70. The number of anilines is 1. The number of nitrogens with two attached hydrogens (primary N) is 1. The van der Waals surface area contributed by atoms with Crippen molar-refractivity contribution in [3.63, 3.8) is 0 Å². The molecular formula is C16H16ClN3. The van der Waals surface area contributed by atoms with Gasteiger partial charge in [0.15, 0.2) is 5.82 Å². The molecule has 0 amide bonds. The van der Waals surface area contributed by atoms with Gasteiger partial charge in [0.2, 0.25) is 0 Å². The van der Waals surface area contributed by atoms with E-state index in [1.807, 2.05) is 47.1 Å². The van der Waals surface area contributed by atoms with E-state index < -0.39 is 0 Å². The number of rotatable bonds is 3. The lowest BCUT2D eigenvalue weighted by Crippen LogP contribution is -1.99. The first kappa shape index (κ1) is 13.0. The highest BCUT2D eigenvalue weighted by molar-refractivity contribution is 6.34. The molecule has 3 aromatic rings. The first-order chi connectivity index (χ1) is 9.70. The van der Waals surface area contributed by atoms with Crippen molar-refractivity contribution in [1.82, 2.24) is 9.78 Å². The first-order valence-corrected chi connectivity index (χ1v) is 7.09. The molecule has 0 aliphatic rings. The molecule has 0 spiro atoms. The third-order valence-electron chi connectivity index (χ3n) is 3.39. The van der Waals surface area contributed by atoms with E-state index in [1.54, 1.807) is 0 Å². The van der Waals surface area contributed by atoms with Crippen LogP contribution in [0.25, 0.3) is 22.0 Å². The lowest BCUT2D eigenvalue weighted by Gasteiger charge is -2.06. The zero-order valence-electron chi connectivity index (χ0n) is 11.3. The Labute approximate surface area is 123 Å². The van der Waals surface area contributed by atoms with Gasteiger partial charge in [0.1, 0.15) is 0 Å². The van der Waals surface area contributed by atoms with Gasteiger partial charge in [0.25, 0.3) is 0 Å². The normalized spacial score (nSPS) is 11.1. The Bertz CT molecular complexity index is 747. The van der Waals surface area contributed by atoms with Crippen molar-refractivity contribution in [3.8, 4) is 11.1 Å². The molecule has 0 radical (unpaired) electrons. The number of benzene rings is 2. The Hall–Kier alpha value is -2.00. The van der Waals surface area contributed by atoms with Gasteiger partial charge < -0.3 is 5.73 Å². The summed E-state index contributed by atoms with van der Waals surface area (Å²) >= 11 is 6.44. The maximum atomic E-state index is 6.44. The summed E-state index contributed by atoms with van der Waals surface area (Å²) in [5, 5.41) is 6.07. The largest absolute Gasteiger partial charge is 0.382 e. The SMILES string of the molecule is CCCn1nc(N)c2cc(-c3ccccc3)c(Cl)cc21. The van der Waals surface area contributed by atoms with Crippen LogP contribution in [0.4, 0.5) is 5.82 Å². The van der Waals surface area contributed by atoms with Crippen LogP contribution in [0.3, 0.4) is 0 Å². The van der Waals surface area contributed by atoms with E-state index in [2.05, 4.69) is 12.0 Å². The lowest BCUT2D eigenvalue weighted by molar-refractivity contribution is 0.625. The van der Waals surface area contributed by atoms with E-state index in [-0.39, 0.29) is 0 Å². The fourth-order valence-electron chi connectivity index (χ4n) is 2.44. The van der Waals surface area contributed by atoms with Gasteiger partial charge in [-0.15, -0.1) is 0 Å².